The zero-order chi connectivity index (χ0) is 10.8. The maximum absolute atomic E-state index is 5.55. The van der Waals surface area contributed by atoms with Gasteiger partial charge in [-0.05, 0) is 64.7 Å². The first-order valence-corrected chi connectivity index (χ1v) is 6.36. The van der Waals surface area contributed by atoms with Crippen LogP contribution in [0.25, 0.3) is 0 Å². The Bertz CT molecular complexity index is 138. The number of unbranched alkanes of at least 4 members (excludes halogenated alkanes) is 1. The smallest absolute Gasteiger partial charge is 0.0494 e. The molecule has 90 valence electrons. The summed E-state index contributed by atoms with van der Waals surface area (Å²) in [7, 11) is 2.00. The largest absolute Gasteiger partial charge is 0.381 e. The van der Waals surface area contributed by atoms with Crippen molar-refractivity contribution in [3.63, 3.8) is 0 Å². The van der Waals surface area contributed by atoms with Crippen molar-refractivity contribution < 1.29 is 4.74 Å². The van der Waals surface area contributed by atoms with E-state index in [4.69, 9.17) is 4.74 Å². The predicted molar refractivity (Wildman–Crippen MR) is 64.2 cm³/mol. The molecule has 0 atom stereocenters. The Hall–Kier alpha value is -0.120. The fourth-order valence-corrected chi connectivity index (χ4v) is 1.51. The standard InChI is InChI=1S/C12H26N2O/c1-13-7-2-3-8-14-9-4-10-15-11-12-5-6-12/h12-14H,2-11H2,1H3. The second-order valence-electron chi connectivity index (χ2n) is 4.43. The maximum atomic E-state index is 5.55. The molecule has 0 amide bonds. The zero-order valence-corrected chi connectivity index (χ0v) is 10.1. The number of hydrogen-bond donors (Lipinski definition) is 2. The molecule has 1 saturated carbocycles. The second-order valence-corrected chi connectivity index (χ2v) is 4.43. The third-order valence-electron chi connectivity index (χ3n) is 2.72. The zero-order valence-electron chi connectivity index (χ0n) is 10.1. The first kappa shape index (κ1) is 12.9. The van der Waals surface area contributed by atoms with Crippen molar-refractivity contribution in [2.75, 3.05) is 39.9 Å². The lowest BCUT2D eigenvalue weighted by Gasteiger charge is -2.05. The van der Waals surface area contributed by atoms with E-state index in [0.29, 0.717) is 0 Å². The molecule has 1 aliphatic carbocycles. The summed E-state index contributed by atoms with van der Waals surface area (Å²) in [5, 5.41) is 6.60. The molecule has 0 radical (unpaired) electrons. The van der Waals surface area contributed by atoms with Gasteiger partial charge in [-0.3, -0.25) is 0 Å². The van der Waals surface area contributed by atoms with Gasteiger partial charge in [-0.2, -0.15) is 0 Å². The van der Waals surface area contributed by atoms with Crippen LogP contribution >= 0.6 is 0 Å². The molecule has 1 fully saturated rings. The third-order valence-corrected chi connectivity index (χ3v) is 2.72. The molecule has 0 aromatic heterocycles. The van der Waals surface area contributed by atoms with E-state index in [-0.39, 0.29) is 0 Å². The molecule has 0 aromatic carbocycles. The Balaban J connectivity index is 1.62. The third kappa shape index (κ3) is 8.85. The summed E-state index contributed by atoms with van der Waals surface area (Å²) < 4.78 is 5.55. The van der Waals surface area contributed by atoms with E-state index in [1.54, 1.807) is 0 Å². The van der Waals surface area contributed by atoms with Crippen LogP contribution in [-0.2, 0) is 4.74 Å². The van der Waals surface area contributed by atoms with Crippen LogP contribution < -0.4 is 10.6 Å². The van der Waals surface area contributed by atoms with Gasteiger partial charge in [-0.25, -0.2) is 0 Å². The fraction of sp³-hybridized carbons (Fsp3) is 1.00. The maximum Gasteiger partial charge on any atom is 0.0494 e. The molecule has 0 bridgehead atoms. The van der Waals surface area contributed by atoms with Crippen LogP contribution in [-0.4, -0.2) is 39.9 Å². The fourth-order valence-electron chi connectivity index (χ4n) is 1.51. The normalized spacial score (nSPS) is 15.8. The van der Waals surface area contributed by atoms with Crippen LogP contribution in [0.5, 0.6) is 0 Å². The van der Waals surface area contributed by atoms with E-state index >= 15 is 0 Å². The van der Waals surface area contributed by atoms with Crippen LogP contribution in [0, 0.1) is 5.92 Å². The van der Waals surface area contributed by atoms with E-state index in [1.807, 2.05) is 7.05 Å². The van der Waals surface area contributed by atoms with Crippen molar-refractivity contribution >= 4 is 0 Å². The van der Waals surface area contributed by atoms with Gasteiger partial charge in [-0.1, -0.05) is 0 Å². The highest BCUT2D eigenvalue weighted by Gasteiger charge is 2.20. The predicted octanol–water partition coefficient (Wildman–Crippen LogP) is 1.39. The minimum atomic E-state index is 0.902. The quantitative estimate of drug-likeness (QED) is 0.510. The van der Waals surface area contributed by atoms with Crippen molar-refractivity contribution in [3.05, 3.63) is 0 Å². The van der Waals surface area contributed by atoms with Gasteiger partial charge in [-0.15, -0.1) is 0 Å². The molecule has 0 spiro atoms. The van der Waals surface area contributed by atoms with Crippen LogP contribution in [0.2, 0.25) is 0 Å². The summed E-state index contributed by atoms with van der Waals surface area (Å²) in [6, 6.07) is 0. The molecular weight excluding hydrogens is 188 g/mol. The minimum absolute atomic E-state index is 0.902. The van der Waals surface area contributed by atoms with Crippen molar-refractivity contribution in [1.82, 2.24) is 10.6 Å². The summed E-state index contributed by atoms with van der Waals surface area (Å²) in [4.78, 5) is 0. The van der Waals surface area contributed by atoms with Crippen molar-refractivity contribution in [2.24, 2.45) is 5.92 Å². The minimum Gasteiger partial charge on any atom is -0.381 e. The number of rotatable bonds is 11. The second kappa shape index (κ2) is 9.13. The molecule has 0 heterocycles. The molecular formula is C12H26N2O. The van der Waals surface area contributed by atoms with Gasteiger partial charge in [0.15, 0.2) is 0 Å². The first-order chi connectivity index (χ1) is 7.43. The van der Waals surface area contributed by atoms with Gasteiger partial charge >= 0.3 is 0 Å². The highest BCUT2D eigenvalue weighted by Crippen LogP contribution is 2.28. The molecule has 15 heavy (non-hydrogen) atoms. The van der Waals surface area contributed by atoms with Gasteiger partial charge in [0, 0.05) is 13.2 Å². The first-order valence-electron chi connectivity index (χ1n) is 6.36. The lowest BCUT2D eigenvalue weighted by molar-refractivity contribution is 0.122. The van der Waals surface area contributed by atoms with E-state index in [1.165, 1.54) is 25.7 Å². The molecule has 1 aliphatic rings. The van der Waals surface area contributed by atoms with Gasteiger partial charge < -0.3 is 15.4 Å². The van der Waals surface area contributed by atoms with Gasteiger partial charge in [0.25, 0.3) is 0 Å². The SMILES string of the molecule is CNCCCCNCCCOCC1CC1. The summed E-state index contributed by atoms with van der Waals surface area (Å²) in [6.07, 6.45) is 6.47. The van der Waals surface area contributed by atoms with E-state index in [9.17, 15) is 0 Å². The van der Waals surface area contributed by atoms with Gasteiger partial charge in [0.05, 0.1) is 0 Å². The van der Waals surface area contributed by atoms with E-state index < -0.39 is 0 Å². The highest BCUT2D eigenvalue weighted by atomic mass is 16.5. The Morgan fingerprint density at radius 2 is 1.80 bits per heavy atom. The van der Waals surface area contributed by atoms with Gasteiger partial charge in [0.2, 0.25) is 0 Å². The summed E-state index contributed by atoms with van der Waals surface area (Å²) in [6.45, 7) is 5.31. The Morgan fingerprint density at radius 3 is 2.53 bits per heavy atom. The highest BCUT2D eigenvalue weighted by molar-refractivity contribution is 4.71. The topological polar surface area (TPSA) is 33.3 Å². The molecule has 1 rings (SSSR count). The average molecular weight is 214 g/mol. The molecule has 2 N–H and O–H groups in total. The summed E-state index contributed by atoms with van der Waals surface area (Å²) in [5.41, 5.74) is 0. The number of hydrogen-bond acceptors (Lipinski definition) is 3. The van der Waals surface area contributed by atoms with Crippen LogP contribution in [0.1, 0.15) is 32.1 Å². The van der Waals surface area contributed by atoms with Crippen molar-refractivity contribution in [3.8, 4) is 0 Å². The average Bonchev–Trinajstić information content (AvgIpc) is 3.05. The molecule has 3 heteroatoms. The lowest BCUT2D eigenvalue weighted by atomic mass is 10.3. The van der Waals surface area contributed by atoms with Crippen LogP contribution in [0.3, 0.4) is 0 Å². The molecule has 0 aliphatic heterocycles. The van der Waals surface area contributed by atoms with Crippen molar-refractivity contribution in [1.29, 1.82) is 0 Å². The molecule has 3 nitrogen and oxygen atoms in total. The Labute approximate surface area is 94.0 Å². The lowest BCUT2D eigenvalue weighted by Crippen LogP contribution is -2.19. The van der Waals surface area contributed by atoms with Gasteiger partial charge in [0.1, 0.15) is 0 Å². The Morgan fingerprint density at radius 1 is 1.07 bits per heavy atom. The molecule has 0 unspecified atom stereocenters. The van der Waals surface area contributed by atoms with E-state index in [2.05, 4.69) is 10.6 Å². The monoisotopic (exact) mass is 214 g/mol. The summed E-state index contributed by atoms with van der Waals surface area (Å²) in [5.74, 6) is 0.902. The van der Waals surface area contributed by atoms with Crippen LogP contribution in [0.4, 0.5) is 0 Å². The molecule has 0 saturated heterocycles. The summed E-state index contributed by atoms with van der Waals surface area (Å²) >= 11 is 0. The Kier molecular flexibility index (Phi) is 7.88. The van der Waals surface area contributed by atoms with Crippen molar-refractivity contribution in [2.45, 2.75) is 32.1 Å². The molecule has 0 aromatic rings. The number of nitrogens with one attached hydrogen (secondary N) is 2. The van der Waals surface area contributed by atoms with E-state index in [0.717, 1.165) is 45.2 Å². The number of ether oxygens (including phenoxy) is 1. The van der Waals surface area contributed by atoms with Crippen LogP contribution in [0.15, 0.2) is 0 Å².